The van der Waals surface area contributed by atoms with Crippen molar-refractivity contribution in [1.82, 2.24) is 0 Å². The lowest BCUT2D eigenvalue weighted by atomic mass is 9.87. The molecule has 0 spiro atoms. The maximum absolute atomic E-state index is 14.1. The fourth-order valence-electron chi connectivity index (χ4n) is 4.11. The summed E-state index contributed by atoms with van der Waals surface area (Å²) in [7, 11) is 6.96. The number of nitrogens with zero attached hydrogens (tertiary/aromatic N) is 1. The first kappa shape index (κ1) is 27.1. The summed E-state index contributed by atoms with van der Waals surface area (Å²) in [6.07, 6.45) is 6.72. The number of hydrogen-bond donors (Lipinski definition) is 0. The zero-order valence-electron chi connectivity index (χ0n) is 20.7. The van der Waals surface area contributed by atoms with E-state index in [0.717, 1.165) is 48.5 Å². The number of unbranched alkanes of at least 4 members (excludes halogenated alkanes) is 1. The minimum absolute atomic E-state index is 0.110. The quantitative estimate of drug-likeness (QED) is 0.188. The van der Waals surface area contributed by atoms with Crippen molar-refractivity contribution in [3.63, 3.8) is 0 Å². The Kier molecular flexibility index (Phi) is 11.1. The van der Waals surface area contributed by atoms with Crippen molar-refractivity contribution in [2.75, 3.05) is 35.2 Å². The van der Waals surface area contributed by atoms with Crippen LogP contribution in [0.5, 0.6) is 17.2 Å². The molecule has 2 aromatic rings. The third-order valence-electron chi connectivity index (χ3n) is 5.61. The molecule has 0 aliphatic carbocycles. The smallest absolute Gasteiger partial charge is 0.188 e. The molecule has 0 aliphatic rings. The summed E-state index contributed by atoms with van der Waals surface area (Å²) in [4.78, 5) is 4.16. The molecule has 0 fully saturated rings. The predicted octanol–water partition coefficient (Wildman–Crippen LogP) is 6.06. The topological polar surface area (TPSA) is 49.3 Å². The second kappa shape index (κ2) is 13.5. The molecular weight excluding hydrogens is 440 g/mol. The van der Waals surface area contributed by atoms with E-state index in [1.165, 1.54) is 6.07 Å². The van der Waals surface area contributed by atoms with Gasteiger partial charge in [0.05, 0.1) is 14.2 Å². The number of benzene rings is 2. The van der Waals surface area contributed by atoms with Crippen LogP contribution in [0.2, 0.25) is 0 Å². The Labute approximate surface area is 199 Å². The molecular formula is C26H37FNO4P. The van der Waals surface area contributed by atoms with Crippen LogP contribution in [-0.2, 0) is 9.89 Å². The SMILES string of the molecule is CCCCC(CCC)(Pc1ccc(F)cc1/C=N/C)c1cc(OC)cc(OC)c1OCOC. The van der Waals surface area contributed by atoms with Crippen molar-refractivity contribution in [3.05, 3.63) is 47.3 Å². The molecule has 0 aliphatic heterocycles. The van der Waals surface area contributed by atoms with Crippen molar-refractivity contribution < 1.29 is 23.3 Å². The van der Waals surface area contributed by atoms with Gasteiger partial charge < -0.3 is 18.9 Å². The number of ether oxygens (including phenoxy) is 4. The lowest BCUT2D eigenvalue weighted by Crippen LogP contribution is -2.26. The molecule has 0 radical (unpaired) electrons. The molecule has 0 bridgehead atoms. The van der Waals surface area contributed by atoms with Crippen LogP contribution in [0.25, 0.3) is 0 Å². The second-order valence-electron chi connectivity index (χ2n) is 7.94. The Morgan fingerprint density at radius 3 is 2.42 bits per heavy atom. The molecule has 33 heavy (non-hydrogen) atoms. The average Bonchev–Trinajstić information content (AvgIpc) is 2.82. The molecule has 2 atom stereocenters. The Morgan fingerprint density at radius 2 is 1.82 bits per heavy atom. The van der Waals surface area contributed by atoms with E-state index in [-0.39, 0.29) is 17.8 Å². The van der Waals surface area contributed by atoms with E-state index in [9.17, 15) is 4.39 Å². The van der Waals surface area contributed by atoms with Gasteiger partial charge in [0.1, 0.15) is 11.6 Å². The highest BCUT2D eigenvalue weighted by atomic mass is 31.1. The minimum atomic E-state index is -0.264. The van der Waals surface area contributed by atoms with E-state index in [4.69, 9.17) is 18.9 Å². The third kappa shape index (κ3) is 6.91. The van der Waals surface area contributed by atoms with Gasteiger partial charge in [-0.2, -0.15) is 0 Å². The number of rotatable bonds is 14. The number of aliphatic imine (C=N–C) groups is 1. The van der Waals surface area contributed by atoms with Crippen molar-refractivity contribution in [3.8, 4) is 17.2 Å². The maximum Gasteiger partial charge on any atom is 0.188 e. The van der Waals surface area contributed by atoms with Gasteiger partial charge in [0.25, 0.3) is 0 Å². The number of halogens is 1. The molecule has 0 amide bonds. The van der Waals surface area contributed by atoms with Crippen LogP contribution in [0, 0.1) is 5.82 Å². The Balaban J connectivity index is 2.78. The average molecular weight is 478 g/mol. The van der Waals surface area contributed by atoms with Gasteiger partial charge in [-0.25, -0.2) is 4.39 Å². The normalized spacial score (nSPS) is 13.5. The first-order chi connectivity index (χ1) is 16.0. The number of methoxy groups -OCH3 is 3. The van der Waals surface area contributed by atoms with Crippen molar-refractivity contribution in [2.24, 2.45) is 4.99 Å². The molecule has 0 saturated heterocycles. The highest BCUT2D eigenvalue weighted by Crippen LogP contribution is 2.55. The maximum atomic E-state index is 14.1. The Bertz CT molecular complexity index is 921. The fourth-order valence-corrected chi connectivity index (χ4v) is 6.07. The van der Waals surface area contributed by atoms with Crippen molar-refractivity contribution in [1.29, 1.82) is 0 Å². The molecule has 0 heterocycles. The van der Waals surface area contributed by atoms with Crippen LogP contribution in [-0.4, -0.2) is 41.4 Å². The molecule has 2 unspecified atom stereocenters. The molecule has 2 rings (SSSR count). The third-order valence-corrected chi connectivity index (χ3v) is 7.58. The molecule has 0 N–H and O–H groups in total. The van der Waals surface area contributed by atoms with Crippen LogP contribution < -0.4 is 19.5 Å². The van der Waals surface area contributed by atoms with Crippen LogP contribution in [0.1, 0.15) is 57.1 Å². The summed E-state index contributed by atoms with van der Waals surface area (Å²) in [5, 5.41) is 0.829. The second-order valence-corrected chi connectivity index (χ2v) is 9.68. The molecule has 0 saturated carbocycles. The Hall–Kier alpha value is -2.17. The molecule has 5 nitrogen and oxygen atoms in total. The molecule has 0 aromatic heterocycles. The highest BCUT2D eigenvalue weighted by molar-refractivity contribution is 7.48. The fraction of sp³-hybridized carbons (Fsp3) is 0.500. The summed E-state index contributed by atoms with van der Waals surface area (Å²) in [6, 6.07) is 8.86. The van der Waals surface area contributed by atoms with E-state index < -0.39 is 0 Å². The van der Waals surface area contributed by atoms with E-state index in [1.807, 2.05) is 12.1 Å². The summed E-state index contributed by atoms with van der Waals surface area (Å²) in [6.45, 7) is 4.50. The van der Waals surface area contributed by atoms with Gasteiger partial charge in [-0.3, -0.25) is 4.99 Å². The van der Waals surface area contributed by atoms with Crippen molar-refractivity contribution >= 4 is 20.1 Å². The zero-order chi connectivity index (χ0) is 24.3. The summed E-state index contributed by atoms with van der Waals surface area (Å²) < 4.78 is 36.7. The van der Waals surface area contributed by atoms with Gasteiger partial charge in [0.2, 0.25) is 0 Å². The standard InChI is InChI=1S/C26H37FNO4P/c1-7-9-13-26(12-8-2,33-24-11-10-20(27)14-19(24)17-28-3)22-15-21(30-5)16-23(31-6)25(22)32-18-29-4/h10-11,14-17,33H,7-9,12-13,18H2,1-6H3/b28-17+. The van der Waals surface area contributed by atoms with Crippen LogP contribution in [0.4, 0.5) is 4.39 Å². The largest absolute Gasteiger partial charge is 0.497 e. The monoisotopic (exact) mass is 477 g/mol. The lowest BCUT2D eigenvalue weighted by Gasteiger charge is -2.37. The van der Waals surface area contributed by atoms with Crippen LogP contribution in [0.15, 0.2) is 35.3 Å². The lowest BCUT2D eigenvalue weighted by molar-refractivity contribution is 0.0478. The predicted molar refractivity (Wildman–Crippen MR) is 136 cm³/mol. The highest BCUT2D eigenvalue weighted by Gasteiger charge is 2.36. The van der Waals surface area contributed by atoms with Crippen LogP contribution in [0.3, 0.4) is 0 Å². The molecule has 2 aromatic carbocycles. The van der Waals surface area contributed by atoms with Gasteiger partial charge in [0, 0.05) is 42.7 Å². The summed E-state index contributed by atoms with van der Waals surface area (Å²) in [5.74, 6) is 1.73. The van der Waals surface area contributed by atoms with Gasteiger partial charge in [-0.1, -0.05) is 47.8 Å². The zero-order valence-corrected chi connectivity index (χ0v) is 21.7. The number of hydrogen-bond acceptors (Lipinski definition) is 5. The van der Waals surface area contributed by atoms with E-state index in [1.54, 1.807) is 40.7 Å². The molecule has 7 heteroatoms. The van der Waals surface area contributed by atoms with E-state index >= 15 is 0 Å². The van der Waals surface area contributed by atoms with Crippen LogP contribution >= 0.6 is 8.58 Å². The van der Waals surface area contributed by atoms with Gasteiger partial charge in [0.15, 0.2) is 18.3 Å². The molecule has 182 valence electrons. The van der Waals surface area contributed by atoms with E-state index in [0.29, 0.717) is 25.8 Å². The van der Waals surface area contributed by atoms with Gasteiger partial charge >= 0.3 is 0 Å². The first-order valence-electron chi connectivity index (χ1n) is 11.4. The van der Waals surface area contributed by atoms with E-state index in [2.05, 4.69) is 24.9 Å². The van der Waals surface area contributed by atoms with Gasteiger partial charge in [-0.05, 0) is 36.3 Å². The van der Waals surface area contributed by atoms with Crippen molar-refractivity contribution in [2.45, 2.75) is 51.1 Å². The Morgan fingerprint density at radius 1 is 1.03 bits per heavy atom. The summed E-state index contributed by atoms with van der Waals surface area (Å²) >= 11 is 0. The van der Waals surface area contributed by atoms with Gasteiger partial charge in [-0.15, -0.1) is 0 Å². The summed E-state index contributed by atoms with van der Waals surface area (Å²) in [5.41, 5.74) is 1.84. The minimum Gasteiger partial charge on any atom is -0.497 e. The first-order valence-corrected chi connectivity index (χ1v) is 12.4.